The fourth-order valence-electron chi connectivity index (χ4n) is 1.90. The van der Waals surface area contributed by atoms with Gasteiger partial charge in [0.2, 0.25) is 10.0 Å². The molecule has 0 atom stereocenters. The first-order valence-corrected chi connectivity index (χ1v) is 8.19. The Morgan fingerprint density at radius 3 is 2.80 bits per heavy atom. The quantitative estimate of drug-likeness (QED) is 0.541. The van der Waals surface area contributed by atoms with Crippen molar-refractivity contribution in [1.82, 2.24) is 20.2 Å². The largest absolute Gasteiger partial charge is 0.395 e. The van der Waals surface area contributed by atoms with Crippen LogP contribution in [0.5, 0.6) is 0 Å². The fourth-order valence-corrected chi connectivity index (χ4v) is 2.85. The number of nitrogens with zero attached hydrogens (tertiary/aromatic N) is 1. The van der Waals surface area contributed by atoms with E-state index in [4.69, 9.17) is 5.73 Å². The number of nitrogens with two attached hydrogens (primary N) is 1. The van der Waals surface area contributed by atoms with Crippen molar-refractivity contribution in [2.24, 2.45) is 0 Å². The van der Waals surface area contributed by atoms with Gasteiger partial charge in [-0.25, -0.2) is 13.1 Å². The normalized spacial score (nSPS) is 15.2. The molecule has 2 rings (SSSR count). The van der Waals surface area contributed by atoms with Crippen molar-refractivity contribution in [2.75, 3.05) is 24.6 Å². The molecular weight excluding hydrogens is 282 g/mol. The number of sulfonamides is 1. The van der Waals surface area contributed by atoms with E-state index in [0.717, 1.165) is 18.5 Å². The van der Waals surface area contributed by atoms with Gasteiger partial charge in [-0.2, -0.15) is 5.10 Å². The van der Waals surface area contributed by atoms with E-state index in [1.807, 2.05) is 0 Å². The van der Waals surface area contributed by atoms with E-state index in [2.05, 4.69) is 20.2 Å². The summed E-state index contributed by atoms with van der Waals surface area (Å²) in [7, 11) is -3.34. The number of anilines is 1. The molecule has 0 bridgehead atoms. The first-order chi connectivity index (χ1) is 9.44. The second kappa shape index (κ2) is 5.80. The maximum Gasteiger partial charge on any atom is 0.273 e. The predicted octanol–water partition coefficient (Wildman–Crippen LogP) is -0.462. The molecule has 1 aliphatic carbocycles. The summed E-state index contributed by atoms with van der Waals surface area (Å²) in [6.45, 7) is 2.03. The summed E-state index contributed by atoms with van der Waals surface area (Å²) in [5, 5.41) is 9.19. The number of aromatic nitrogens is 2. The Bertz CT molecular complexity index is 591. The van der Waals surface area contributed by atoms with Crippen LogP contribution in [0.15, 0.2) is 0 Å². The number of nitrogen functional groups attached to an aromatic ring is 1. The van der Waals surface area contributed by atoms with Gasteiger partial charge < -0.3 is 11.1 Å². The molecule has 1 heterocycles. The Morgan fingerprint density at radius 2 is 2.20 bits per heavy atom. The Labute approximate surface area is 117 Å². The zero-order valence-electron chi connectivity index (χ0n) is 11.3. The van der Waals surface area contributed by atoms with Gasteiger partial charge in [-0.3, -0.25) is 9.89 Å². The van der Waals surface area contributed by atoms with Crippen LogP contribution in [0.1, 0.15) is 41.9 Å². The van der Waals surface area contributed by atoms with Gasteiger partial charge >= 0.3 is 0 Å². The first kappa shape index (κ1) is 14.8. The number of amides is 1. The Morgan fingerprint density at radius 1 is 1.50 bits per heavy atom. The molecule has 1 aromatic heterocycles. The minimum absolute atomic E-state index is 0.0131. The number of H-pyrrole nitrogens is 1. The molecule has 20 heavy (non-hydrogen) atoms. The van der Waals surface area contributed by atoms with Gasteiger partial charge in [-0.1, -0.05) is 6.92 Å². The van der Waals surface area contributed by atoms with Crippen molar-refractivity contribution in [3.05, 3.63) is 11.4 Å². The van der Waals surface area contributed by atoms with Gasteiger partial charge in [0, 0.05) is 19.0 Å². The number of rotatable bonds is 7. The Balaban J connectivity index is 1.89. The van der Waals surface area contributed by atoms with Gasteiger partial charge in [0.05, 0.1) is 17.1 Å². The molecule has 9 heteroatoms. The van der Waals surface area contributed by atoms with E-state index in [-0.39, 0.29) is 18.0 Å². The topological polar surface area (TPSA) is 130 Å². The monoisotopic (exact) mass is 301 g/mol. The molecule has 1 aromatic rings. The molecule has 1 amide bonds. The van der Waals surface area contributed by atoms with E-state index >= 15 is 0 Å². The zero-order chi connectivity index (χ0) is 14.8. The van der Waals surface area contributed by atoms with Crippen molar-refractivity contribution < 1.29 is 13.2 Å². The van der Waals surface area contributed by atoms with Crippen molar-refractivity contribution in [2.45, 2.75) is 25.7 Å². The van der Waals surface area contributed by atoms with Crippen LogP contribution >= 0.6 is 0 Å². The average Bonchev–Trinajstić information content (AvgIpc) is 3.12. The molecule has 1 aliphatic rings. The van der Waals surface area contributed by atoms with E-state index in [9.17, 15) is 13.2 Å². The van der Waals surface area contributed by atoms with Gasteiger partial charge in [0.25, 0.3) is 5.91 Å². The van der Waals surface area contributed by atoms with Crippen LogP contribution in [0.4, 0.5) is 5.69 Å². The highest BCUT2D eigenvalue weighted by molar-refractivity contribution is 7.89. The van der Waals surface area contributed by atoms with Crippen LogP contribution in [-0.2, 0) is 10.0 Å². The molecule has 1 saturated carbocycles. The van der Waals surface area contributed by atoms with Gasteiger partial charge in [-0.05, 0) is 12.8 Å². The lowest BCUT2D eigenvalue weighted by atomic mass is 10.2. The summed E-state index contributed by atoms with van der Waals surface area (Å²) < 4.78 is 25.2. The molecule has 112 valence electrons. The second-order valence-electron chi connectivity index (χ2n) is 4.75. The number of aromatic amines is 1. The van der Waals surface area contributed by atoms with Crippen molar-refractivity contribution in [3.63, 3.8) is 0 Å². The molecule has 8 nitrogen and oxygen atoms in total. The van der Waals surface area contributed by atoms with E-state index in [1.54, 1.807) is 6.92 Å². The second-order valence-corrected chi connectivity index (χ2v) is 6.67. The molecule has 0 radical (unpaired) electrons. The number of hydrogen-bond acceptors (Lipinski definition) is 5. The van der Waals surface area contributed by atoms with E-state index in [0.29, 0.717) is 18.2 Å². The van der Waals surface area contributed by atoms with Crippen molar-refractivity contribution >= 4 is 21.6 Å². The minimum atomic E-state index is -3.34. The van der Waals surface area contributed by atoms with Gasteiger partial charge in [-0.15, -0.1) is 0 Å². The highest BCUT2D eigenvalue weighted by Gasteiger charge is 2.30. The lowest BCUT2D eigenvalue weighted by molar-refractivity contribution is 0.0952. The van der Waals surface area contributed by atoms with Crippen LogP contribution in [0.25, 0.3) is 0 Å². The van der Waals surface area contributed by atoms with Crippen LogP contribution < -0.4 is 15.8 Å². The van der Waals surface area contributed by atoms with E-state index < -0.39 is 15.9 Å². The van der Waals surface area contributed by atoms with Crippen LogP contribution in [-0.4, -0.2) is 43.4 Å². The summed E-state index contributed by atoms with van der Waals surface area (Å²) in [6, 6.07) is 0. The molecule has 0 spiro atoms. The summed E-state index contributed by atoms with van der Waals surface area (Å²) in [4.78, 5) is 11.9. The zero-order valence-corrected chi connectivity index (χ0v) is 12.1. The fraction of sp³-hybridized carbons (Fsp3) is 0.636. The van der Waals surface area contributed by atoms with Gasteiger partial charge in [0.1, 0.15) is 0 Å². The third-order valence-electron chi connectivity index (χ3n) is 3.05. The van der Waals surface area contributed by atoms with Crippen LogP contribution in [0.2, 0.25) is 0 Å². The molecule has 0 aromatic carbocycles. The SMILES string of the molecule is CCNS(=O)(=O)CCNC(=O)c1n[nH]c(C2CC2)c1N. The van der Waals surface area contributed by atoms with Crippen LogP contribution in [0, 0.1) is 0 Å². The Hall–Kier alpha value is -1.61. The van der Waals surface area contributed by atoms with Crippen molar-refractivity contribution in [3.8, 4) is 0 Å². The lowest BCUT2D eigenvalue weighted by Gasteiger charge is -2.05. The van der Waals surface area contributed by atoms with Crippen molar-refractivity contribution in [1.29, 1.82) is 0 Å². The molecule has 0 aliphatic heterocycles. The highest BCUT2D eigenvalue weighted by atomic mass is 32.2. The maximum atomic E-state index is 11.9. The third kappa shape index (κ3) is 3.48. The molecule has 0 unspecified atom stereocenters. The molecule has 1 fully saturated rings. The number of nitrogens with one attached hydrogen (secondary N) is 3. The summed E-state index contributed by atoms with van der Waals surface area (Å²) in [5.41, 5.74) is 7.16. The number of hydrogen-bond donors (Lipinski definition) is 4. The average molecular weight is 301 g/mol. The third-order valence-corrected chi connectivity index (χ3v) is 4.52. The van der Waals surface area contributed by atoms with Gasteiger partial charge in [0.15, 0.2) is 5.69 Å². The van der Waals surface area contributed by atoms with E-state index in [1.165, 1.54) is 0 Å². The molecular formula is C11H19N5O3S. The summed E-state index contributed by atoms with van der Waals surface area (Å²) >= 11 is 0. The number of carbonyl (C=O) groups excluding carboxylic acids is 1. The smallest absolute Gasteiger partial charge is 0.273 e. The Kier molecular flexibility index (Phi) is 4.29. The molecule has 0 saturated heterocycles. The minimum Gasteiger partial charge on any atom is -0.395 e. The highest BCUT2D eigenvalue weighted by Crippen LogP contribution is 2.42. The maximum absolute atomic E-state index is 11.9. The van der Waals surface area contributed by atoms with Crippen LogP contribution in [0.3, 0.4) is 0 Å². The standard InChI is InChI=1S/C11H19N5O3S/c1-2-14-20(18,19)6-5-13-11(17)10-8(12)9(15-16-10)7-3-4-7/h7,14H,2-6,12H2,1H3,(H,13,17)(H,15,16). The first-order valence-electron chi connectivity index (χ1n) is 6.54. The predicted molar refractivity (Wildman–Crippen MR) is 74.8 cm³/mol. The molecule has 5 N–H and O–H groups in total. The lowest BCUT2D eigenvalue weighted by Crippen LogP contribution is -2.34. The summed E-state index contributed by atoms with van der Waals surface area (Å²) in [6.07, 6.45) is 2.10. The number of carbonyl (C=O) groups is 1. The summed E-state index contributed by atoms with van der Waals surface area (Å²) in [5.74, 6) is -0.262.